The van der Waals surface area contributed by atoms with Crippen LogP contribution in [0.2, 0.25) is 0 Å². The minimum Gasteiger partial charge on any atom is -0.392 e. The van der Waals surface area contributed by atoms with E-state index in [2.05, 4.69) is 10.2 Å². The van der Waals surface area contributed by atoms with Crippen LogP contribution < -0.4 is 11.1 Å². The van der Waals surface area contributed by atoms with Gasteiger partial charge in [0.1, 0.15) is 0 Å². The second-order valence-corrected chi connectivity index (χ2v) is 6.35. The highest BCUT2D eigenvalue weighted by molar-refractivity contribution is 7.80. The minimum absolute atomic E-state index is 0.0833. The van der Waals surface area contributed by atoms with Crippen molar-refractivity contribution in [2.75, 3.05) is 13.1 Å². The van der Waals surface area contributed by atoms with Crippen molar-refractivity contribution in [2.24, 2.45) is 11.1 Å². The second-order valence-electron chi connectivity index (χ2n) is 5.91. The Morgan fingerprint density at radius 1 is 1.28 bits per heavy atom. The van der Waals surface area contributed by atoms with E-state index in [0.29, 0.717) is 17.1 Å². The van der Waals surface area contributed by atoms with E-state index in [-0.39, 0.29) is 5.91 Å². The van der Waals surface area contributed by atoms with Gasteiger partial charge in [0.05, 0.1) is 10.4 Å². The van der Waals surface area contributed by atoms with Crippen LogP contribution in [0.1, 0.15) is 38.5 Å². The summed E-state index contributed by atoms with van der Waals surface area (Å²) in [6, 6.07) is 0.865. The van der Waals surface area contributed by atoms with Crippen molar-refractivity contribution in [2.45, 2.75) is 50.6 Å². The minimum atomic E-state index is -0.526. The van der Waals surface area contributed by atoms with Crippen molar-refractivity contribution in [1.82, 2.24) is 10.2 Å². The van der Waals surface area contributed by atoms with Gasteiger partial charge in [-0.2, -0.15) is 0 Å². The molecule has 2 atom stereocenters. The fourth-order valence-electron chi connectivity index (χ4n) is 3.67. The Bertz CT molecular complexity index is 380. The summed E-state index contributed by atoms with van der Waals surface area (Å²) in [5, 5.41) is 3.23. The predicted octanol–water partition coefficient (Wildman–Crippen LogP) is 0.796. The van der Waals surface area contributed by atoms with E-state index in [1.54, 1.807) is 0 Å². The van der Waals surface area contributed by atoms with Crippen LogP contribution in [0.5, 0.6) is 0 Å². The number of carbonyl (C=O) groups is 1. The molecular weight excluding hydrogens is 246 g/mol. The summed E-state index contributed by atoms with van der Waals surface area (Å²) in [6.45, 7) is 2.31. The Hall–Kier alpha value is -0.680. The van der Waals surface area contributed by atoms with Crippen LogP contribution in [0.25, 0.3) is 0 Å². The molecule has 2 aliphatic heterocycles. The fraction of sp³-hybridized carbons (Fsp3) is 0.846. The molecule has 3 N–H and O–H groups in total. The Labute approximate surface area is 113 Å². The van der Waals surface area contributed by atoms with E-state index in [4.69, 9.17) is 18.0 Å². The molecule has 18 heavy (non-hydrogen) atoms. The third kappa shape index (κ3) is 1.75. The third-order valence-electron chi connectivity index (χ3n) is 5.04. The number of nitrogens with two attached hydrogens (primary N) is 1. The lowest BCUT2D eigenvalue weighted by molar-refractivity contribution is -0.131. The van der Waals surface area contributed by atoms with Crippen molar-refractivity contribution in [3.05, 3.63) is 0 Å². The summed E-state index contributed by atoms with van der Waals surface area (Å²) >= 11 is 5.10. The molecule has 2 unspecified atom stereocenters. The number of nitrogens with zero attached hydrogens (tertiary/aromatic N) is 1. The zero-order valence-corrected chi connectivity index (χ0v) is 11.5. The molecule has 0 aromatic carbocycles. The monoisotopic (exact) mass is 267 g/mol. The van der Waals surface area contributed by atoms with Gasteiger partial charge in [-0.1, -0.05) is 18.6 Å². The molecular formula is C13H21N3OS. The lowest BCUT2D eigenvalue weighted by Gasteiger charge is -2.40. The summed E-state index contributed by atoms with van der Waals surface area (Å²) in [4.78, 5) is 15.3. The lowest BCUT2D eigenvalue weighted by Crippen LogP contribution is -2.56. The molecule has 4 nitrogen and oxygen atoms in total. The molecule has 0 spiro atoms. The quantitative estimate of drug-likeness (QED) is 0.743. The first-order valence-corrected chi connectivity index (χ1v) is 7.39. The Morgan fingerprint density at radius 3 is 2.67 bits per heavy atom. The van der Waals surface area contributed by atoms with Gasteiger partial charge in [0.2, 0.25) is 5.91 Å². The largest absolute Gasteiger partial charge is 0.392 e. The molecule has 0 aromatic heterocycles. The number of rotatable bonds is 3. The van der Waals surface area contributed by atoms with Crippen LogP contribution >= 0.6 is 12.2 Å². The van der Waals surface area contributed by atoms with Gasteiger partial charge in [-0.25, -0.2) is 0 Å². The number of thiocarbonyl (C=S) groups is 1. The highest BCUT2D eigenvalue weighted by atomic mass is 32.1. The second kappa shape index (κ2) is 4.46. The topological polar surface area (TPSA) is 58.4 Å². The molecule has 0 bridgehead atoms. The number of hydrogen-bond donors (Lipinski definition) is 2. The zero-order valence-electron chi connectivity index (χ0n) is 10.7. The molecule has 3 rings (SSSR count). The van der Waals surface area contributed by atoms with E-state index in [0.717, 1.165) is 32.2 Å². The summed E-state index contributed by atoms with van der Waals surface area (Å²) in [7, 11) is 0. The van der Waals surface area contributed by atoms with Crippen LogP contribution in [0.4, 0.5) is 0 Å². The first-order valence-electron chi connectivity index (χ1n) is 6.98. The highest BCUT2D eigenvalue weighted by Gasteiger charge is 2.48. The zero-order chi connectivity index (χ0) is 12.8. The van der Waals surface area contributed by atoms with E-state index in [1.807, 2.05) is 0 Å². The lowest BCUT2D eigenvalue weighted by atomic mass is 9.68. The molecule has 1 amide bonds. The first kappa shape index (κ1) is 12.4. The Kier molecular flexibility index (Phi) is 3.06. The average Bonchev–Trinajstić information content (AvgIpc) is 2.80. The molecule has 2 heterocycles. The molecule has 0 radical (unpaired) electrons. The maximum absolute atomic E-state index is 12.4. The summed E-state index contributed by atoms with van der Waals surface area (Å²) in [6.07, 6.45) is 6.27. The number of fused-ring (bicyclic) bond motifs is 1. The number of hydrogen-bond acceptors (Lipinski definition) is 3. The molecule has 1 aliphatic carbocycles. The Balaban J connectivity index is 1.66. The maximum atomic E-state index is 12.4. The standard InChI is InChI=1S/C13H21N3OS/c14-11(18)13(5-2-6-13)12(17)15-9-4-8-16-7-1-3-10(9)16/h9-10H,1-8H2,(H2,14,18)(H,15,17). The van der Waals surface area contributed by atoms with Crippen molar-refractivity contribution in [3.8, 4) is 0 Å². The van der Waals surface area contributed by atoms with Gasteiger partial charge < -0.3 is 11.1 Å². The van der Waals surface area contributed by atoms with Gasteiger partial charge in [0, 0.05) is 18.6 Å². The molecule has 5 heteroatoms. The van der Waals surface area contributed by atoms with E-state index in [1.165, 1.54) is 19.4 Å². The summed E-state index contributed by atoms with van der Waals surface area (Å²) in [5.41, 5.74) is 5.25. The summed E-state index contributed by atoms with van der Waals surface area (Å²) in [5.74, 6) is 0.0833. The van der Waals surface area contributed by atoms with Crippen molar-refractivity contribution in [1.29, 1.82) is 0 Å². The van der Waals surface area contributed by atoms with Gasteiger partial charge in [-0.05, 0) is 38.6 Å². The van der Waals surface area contributed by atoms with Gasteiger partial charge in [-0.15, -0.1) is 0 Å². The van der Waals surface area contributed by atoms with E-state index >= 15 is 0 Å². The predicted molar refractivity (Wildman–Crippen MR) is 74.2 cm³/mol. The van der Waals surface area contributed by atoms with Gasteiger partial charge in [0.25, 0.3) is 0 Å². The normalized spacial score (nSPS) is 33.8. The summed E-state index contributed by atoms with van der Waals surface area (Å²) < 4.78 is 0. The molecule has 3 fully saturated rings. The van der Waals surface area contributed by atoms with Crippen molar-refractivity contribution in [3.63, 3.8) is 0 Å². The smallest absolute Gasteiger partial charge is 0.233 e. The number of carbonyl (C=O) groups excluding carboxylic acids is 1. The van der Waals surface area contributed by atoms with Crippen molar-refractivity contribution >= 4 is 23.1 Å². The SMILES string of the molecule is NC(=S)C1(C(=O)NC2CCN3CCCC23)CCC1. The molecule has 1 saturated carbocycles. The van der Waals surface area contributed by atoms with E-state index < -0.39 is 5.41 Å². The molecule has 0 aromatic rings. The van der Waals surface area contributed by atoms with Crippen LogP contribution in [-0.2, 0) is 4.79 Å². The van der Waals surface area contributed by atoms with Crippen molar-refractivity contribution < 1.29 is 4.79 Å². The molecule has 3 aliphatic rings. The fourth-order valence-corrected chi connectivity index (χ4v) is 3.97. The van der Waals surface area contributed by atoms with Crippen LogP contribution in [0.15, 0.2) is 0 Å². The number of nitrogens with one attached hydrogen (secondary N) is 1. The third-order valence-corrected chi connectivity index (χ3v) is 5.43. The Morgan fingerprint density at radius 2 is 2.06 bits per heavy atom. The number of amides is 1. The highest BCUT2D eigenvalue weighted by Crippen LogP contribution is 2.42. The average molecular weight is 267 g/mol. The maximum Gasteiger partial charge on any atom is 0.233 e. The van der Waals surface area contributed by atoms with Crippen LogP contribution in [0, 0.1) is 5.41 Å². The van der Waals surface area contributed by atoms with Gasteiger partial charge >= 0.3 is 0 Å². The van der Waals surface area contributed by atoms with Crippen LogP contribution in [-0.4, -0.2) is 41.0 Å². The molecule has 2 saturated heterocycles. The molecule has 100 valence electrons. The van der Waals surface area contributed by atoms with E-state index in [9.17, 15) is 4.79 Å². The first-order chi connectivity index (χ1) is 8.63. The van der Waals surface area contributed by atoms with Gasteiger partial charge in [0.15, 0.2) is 0 Å². The van der Waals surface area contributed by atoms with Crippen LogP contribution in [0.3, 0.4) is 0 Å². The van der Waals surface area contributed by atoms with Gasteiger partial charge in [-0.3, -0.25) is 9.69 Å².